The summed E-state index contributed by atoms with van der Waals surface area (Å²) < 4.78 is 6.19. The Hall–Kier alpha value is -2.57. The van der Waals surface area contributed by atoms with Gasteiger partial charge in [-0.15, -0.1) is 0 Å². The van der Waals surface area contributed by atoms with Crippen molar-refractivity contribution in [2.24, 2.45) is 0 Å². The average molecular weight is 249 g/mol. The molecule has 18 heavy (non-hydrogen) atoms. The predicted molar refractivity (Wildman–Crippen MR) is 59.7 cm³/mol. The molecule has 0 saturated carbocycles. The minimum atomic E-state index is -1.06. The molecule has 2 heterocycles. The van der Waals surface area contributed by atoms with Gasteiger partial charge in [0, 0.05) is 6.20 Å². The van der Waals surface area contributed by atoms with Gasteiger partial charge in [0.25, 0.3) is 5.91 Å². The predicted octanol–water partition coefficient (Wildman–Crippen LogP) is 0.491. The van der Waals surface area contributed by atoms with Crippen molar-refractivity contribution in [3.63, 3.8) is 0 Å². The zero-order chi connectivity index (χ0) is 13.0. The summed E-state index contributed by atoms with van der Waals surface area (Å²) in [6.07, 6.45) is 2.89. The zero-order valence-electron chi connectivity index (χ0n) is 9.37. The molecule has 0 atom stereocenters. The lowest BCUT2D eigenvalue weighted by Gasteiger charge is -2.05. The zero-order valence-corrected chi connectivity index (χ0v) is 9.37. The third kappa shape index (κ3) is 2.76. The largest absolute Gasteiger partial charge is 0.480 e. The van der Waals surface area contributed by atoms with E-state index < -0.39 is 11.9 Å². The van der Waals surface area contributed by atoms with Gasteiger partial charge in [0.05, 0.1) is 12.8 Å². The Labute approximate surface area is 102 Å². The second-order valence-electron chi connectivity index (χ2n) is 3.53. The Morgan fingerprint density at radius 1 is 1.44 bits per heavy atom. The molecule has 2 aromatic heterocycles. The van der Waals surface area contributed by atoms with Gasteiger partial charge in [-0.05, 0) is 18.2 Å². The van der Waals surface area contributed by atoms with Crippen LogP contribution in [0.5, 0.6) is 0 Å². The molecule has 7 heteroatoms. The molecule has 2 N–H and O–H groups in total. The Kier molecular flexibility index (Phi) is 3.42. The van der Waals surface area contributed by atoms with Crippen molar-refractivity contribution in [2.75, 3.05) is 0 Å². The first-order chi connectivity index (χ1) is 8.66. The van der Waals surface area contributed by atoms with Gasteiger partial charge in [0.15, 0.2) is 0 Å². The molecule has 0 aliphatic heterocycles. The number of carboxylic acid groups (broad SMARTS) is 1. The average Bonchev–Trinajstić information content (AvgIpc) is 2.95. The minimum absolute atomic E-state index is 0.198. The van der Waals surface area contributed by atoms with Crippen LogP contribution < -0.4 is 5.32 Å². The maximum absolute atomic E-state index is 11.8. The lowest BCUT2D eigenvalue weighted by atomic mass is 10.3. The first kappa shape index (κ1) is 11.9. The molecule has 0 saturated heterocycles. The molecule has 2 aromatic rings. The summed E-state index contributed by atoms with van der Waals surface area (Å²) in [7, 11) is 0. The van der Waals surface area contributed by atoms with Crippen LogP contribution in [-0.2, 0) is 17.9 Å². The van der Waals surface area contributed by atoms with E-state index in [4.69, 9.17) is 9.52 Å². The molecule has 2 rings (SSSR count). The number of aliphatic carboxylic acids is 1. The molecule has 0 radical (unpaired) electrons. The van der Waals surface area contributed by atoms with Gasteiger partial charge in [0.1, 0.15) is 18.0 Å². The van der Waals surface area contributed by atoms with Crippen LogP contribution in [0, 0.1) is 0 Å². The molecular formula is C11H11N3O4. The number of aromatic nitrogens is 2. The molecule has 0 bridgehead atoms. The van der Waals surface area contributed by atoms with E-state index in [0.717, 1.165) is 4.68 Å². The van der Waals surface area contributed by atoms with Crippen LogP contribution in [0.4, 0.5) is 0 Å². The number of carbonyl (C=O) groups is 2. The number of carboxylic acids is 1. The molecule has 7 nitrogen and oxygen atoms in total. The van der Waals surface area contributed by atoms with Gasteiger partial charge in [-0.25, -0.2) is 4.68 Å². The highest BCUT2D eigenvalue weighted by molar-refractivity contribution is 5.92. The highest BCUT2D eigenvalue weighted by Crippen LogP contribution is 2.02. The molecule has 94 valence electrons. The summed E-state index contributed by atoms with van der Waals surface area (Å²) in [5, 5.41) is 15.1. The summed E-state index contributed by atoms with van der Waals surface area (Å²) in [5.74, 6) is -0.836. The smallest absolute Gasteiger partial charge is 0.325 e. The van der Waals surface area contributed by atoms with Gasteiger partial charge in [-0.1, -0.05) is 0 Å². The number of rotatable bonds is 5. The first-order valence-corrected chi connectivity index (χ1v) is 5.21. The van der Waals surface area contributed by atoms with E-state index in [9.17, 15) is 9.59 Å². The van der Waals surface area contributed by atoms with Crippen LogP contribution in [0.3, 0.4) is 0 Å². The third-order valence-corrected chi connectivity index (χ3v) is 2.24. The minimum Gasteiger partial charge on any atom is -0.480 e. The summed E-state index contributed by atoms with van der Waals surface area (Å²) in [6.45, 7) is -0.111. The number of carbonyl (C=O) groups excluding carboxylic acids is 1. The number of furan rings is 1. The SMILES string of the molecule is O=C(O)Cn1nccc1C(=O)NCc1ccco1. The summed E-state index contributed by atoms with van der Waals surface area (Å²) in [4.78, 5) is 22.4. The van der Waals surface area contributed by atoms with Crippen LogP contribution in [0.25, 0.3) is 0 Å². The normalized spacial score (nSPS) is 10.2. The summed E-state index contributed by atoms with van der Waals surface area (Å²) >= 11 is 0. The first-order valence-electron chi connectivity index (χ1n) is 5.21. The number of nitrogens with zero attached hydrogens (tertiary/aromatic N) is 2. The Bertz CT molecular complexity index is 544. The molecule has 0 aliphatic rings. The molecular weight excluding hydrogens is 238 g/mol. The van der Waals surface area contributed by atoms with Gasteiger partial charge < -0.3 is 14.8 Å². The van der Waals surface area contributed by atoms with Crippen molar-refractivity contribution < 1.29 is 19.1 Å². The van der Waals surface area contributed by atoms with Gasteiger partial charge in [-0.2, -0.15) is 5.10 Å². The lowest BCUT2D eigenvalue weighted by Crippen LogP contribution is -2.26. The van der Waals surface area contributed by atoms with Crippen LogP contribution in [0.1, 0.15) is 16.2 Å². The number of hydrogen-bond acceptors (Lipinski definition) is 4. The second-order valence-corrected chi connectivity index (χ2v) is 3.53. The highest BCUT2D eigenvalue weighted by atomic mass is 16.4. The number of amides is 1. The van der Waals surface area contributed by atoms with Crippen molar-refractivity contribution in [3.05, 3.63) is 42.1 Å². The van der Waals surface area contributed by atoms with Gasteiger partial charge >= 0.3 is 5.97 Å². The van der Waals surface area contributed by atoms with Crippen molar-refractivity contribution in [3.8, 4) is 0 Å². The van der Waals surface area contributed by atoms with Gasteiger partial charge in [-0.3, -0.25) is 9.59 Å². The lowest BCUT2D eigenvalue weighted by molar-refractivity contribution is -0.137. The standard InChI is InChI=1S/C11H11N3O4/c15-10(16)7-14-9(3-4-13-14)11(17)12-6-8-2-1-5-18-8/h1-5H,6-7H2,(H,12,17)(H,15,16). The van der Waals surface area contributed by atoms with Crippen molar-refractivity contribution >= 4 is 11.9 Å². The van der Waals surface area contributed by atoms with E-state index in [1.54, 1.807) is 12.1 Å². The maximum atomic E-state index is 11.8. The Morgan fingerprint density at radius 2 is 2.28 bits per heavy atom. The molecule has 1 amide bonds. The number of hydrogen-bond donors (Lipinski definition) is 2. The fourth-order valence-corrected chi connectivity index (χ4v) is 1.45. The van der Waals surface area contributed by atoms with E-state index in [1.165, 1.54) is 18.5 Å². The second kappa shape index (κ2) is 5.17. The van der Waals surface area contributed by atoms with Crippen LogP contribution in [0.15, 0.2) is 35.1 Å². The van der Waals surface area contributed by atoms with Crippen LogP contribution in [-0.4, -0.2) is 26.8 Å². The Morgan fingerprint density at radius 3 is 2.94 bits per heavy atom. The van der Waals surface area contributed by atoms with Crippen molar-refractivity contribution in [2.45, 2.75) is 13.1 Å². The Balaban J connectivity index is 2.00. The topological polar surface area (TPSA) is 97.4 Å². The molecule has 0 spiro atoms. The summed E-state index contributed by atoms with van der Waals surface area (Å²) in [6, 6.07) is 4.91. The highest BCUT2D eigenvalue weighted by Gasteiger charge is 2.13. The third-order valence-electron chi connectivity index (χ3n) is 2.24. The van der Waals surface area contributed by atoms with Crippen LogP contribution in [0.2, 0.25) is 0 Å². The molecule has 0 aliphatic carbocycles. The molecule has 0 aromatic carbocycles. The van der Waals surface area contributed by atoms with Crippen LogP contribution >= 0.6 is 0 Å². The van der Waals surface area contributed by atoms with Crippen molar-refractivity contribution in [1.82, 2.24) is 15.1 Å². The van der Waals surface area contributed by atoms with E-state index in [0.29, 0.717) is 5.76 Å². The fourth-order valence-electron chi connectivity index (χ4n) is 1.45. The van der Waals surface area contributed by atoms with Crippen molar-refractivity contribution in [1.29, 1.82) is 0 Å². The monoisotopic (exact) mass is 249 g/mol. The molecule has 0 unspecified atom stereocenters. The van der Waals surface area contributed by atoms with E-state index in [-0.39, 0.29) is 18.8 Å². The summed E-state index contributed by atoms with van der Waals surface area (Å²) in [5.41, 5.74) is 0.198. The van der Waals surface area contributed by atoms with E-state index in [2.05, 4.69) is 10.4 Å². The quantitative estimate of drug-likeness (QED) is 0.803. The number of nitrogens with one attached hydrogen (secondary N) is 1. The molecule has 0 fully saturated rings. The maximum Gasteiger partial charge on any atom is 0.325 e. The van der Waals surface area contributed by atoms with E-state index >= 15 is 0 Å². The van der Waals surface area contributed by atoms with Gasteiger partial charge in [0.2, 0.25) is 0 Å². The van der Waals surface area contributed by atoms with E-state index in [1.807, 2.05) is 0 Å². The fraction of sp³-hybridized carbons (Fsp3) is 0.182.